The molecule has 2 nitrogen and oxygen atoms in total. The quantitative estimate of drug-likeness (QED) is 0.594. The summed E-state index contributed by atoms with van der Waals surface area (Å²) >= 11 is 14.9. The summed E-state index contributed by atoms with van der Waals surface area (Å²) in [6, 6.07) is 9.77. The third-order valence-electron chi connectivity index (χ3n) is 3.06. The summed E-state index contributed by atoms with van der Waals surface area (Å²) in [5, 5.41) is 0. The number of rotatable bonds is 3. The smallest absolute Gasteiger partial charge is 0.266 e. The maximum Gasteiger partial charge on any atom is 0.285 e. The number of amides is 1. The standard InChI is InChI=1S/C14H11Cl2NOS2/c15-14(16)7-10(14)8-19-13-17-12(18)11(20-13)6-9-4-2-1-3-5-9/h1-6,10H,7-8H2/b11-6+/t10-/m0/s1. The minimum Gasteiger partial charge on any atom is -0.266 e. The van der Waals surface area contributed by atoms with E-state index in [0.29, 0.717) is 10.8 Å². The third-order valence-corrected chi connectivity index (χ3v) is 6.28. The van der Waals surface area contributed by atoms with Gasteiger partial charge in [-0.05, 0) is 18.1 Å². The number of thioether (sulfide) groups is 2. The maximum absolute atomic E-state index is 11.8. The molecule has 1 aliphatic heterocycles. The first-order valence-corrected chi connectivity index (χ1v) is 8.69. The molecule has 1 aliphatic carbocycles. The largest absolute Gasteiger partial charge is 0.285 e. The summed E-state index contributed by atoms with van der Waals surface area (Å²) in [5.41, 5.74) is 1.01. The fraction of sp³-hybridized carbons (Fsp3) is 0.286. The lowest BCUT2D eigenvalue weighted by molar-refractivity contribution is -0.113. The highest BCUT2D eigenvalue weighted by Gasteiger charge is 2.51. The SMILES string of the molecule is O=C1N=C(SC[C@@H]2CC2(Cl)Cl)S/C1=C/c1ccccc1. The van der Waals surface area contributed by atoms with Crippen LogP contribution in [0.1, 0.15) is 12.0 Å². The van der Waals surface area contributed by atoms with Crippen molar-refractivity contribution < 1.29 is 4.79 Å². The summed E-state index contributed by atoms with van der Waals surface area (Å²) in [6.07, 6.45) is 2.69. The van der Waals surface area contributed by atoms with Gasteiger partial charge in [0, 0.05) is 11.7 Å². The predicted octanol–water partition coefficient (Wildman–Crippen LogP) is 4.58. The van der Waals surface area contributed by atoms with E-state index < -0.39 is 4.33 Å². The molecule has 1 saturated carbocycles. The van der Waals surface area contributed by atoms with Gasteiger partial charge < -0.3 is 0 Å². The molecule has 20 heavy (non-hydrogen) atoms. The number of alkyl halides is 2. The Bertz CT molecular complexity index is 598. The van der Waals surface area contributed by atoms with Crippen molar-refractivity contribution in [2.75, 3.05) is 5.75 Å². The Balaban J connectivity index is 1.60. The monoisotopic (exact) mass is 343 g/mol. The molecule has 2 aliphatic rings. The van der Waals surface area contributed by atoms with E-state index in [0.717, 1.165) is 22.1 Å². The van der Waals surface area contributed by atoms with Crippen molar-refractivity contribution in [3.8, 4) is 0 Å². The average Bonchev–Trinajstić information content (AvgIpc) is 2.88. The van der Waals surface area contributed by atoms with E-state index in [4.69, 9.17) is 23.2 Å². The number of benzene rings is 1. The molecule has 1 amide bonds. The molecule has 0 N–H and O–H groups in total. The normalized spacial score (nSPS) is 25.9. The fourth-order valence-corrected chi connectivity index (χ4v) is 4.73. The molecule has 1 heterocycles. The van der Waals surface area contributed by atoms with Crippen molar-refractivity contribution >= 4 is 63.1 Å². The van der Waals surface area contributed by atoms with Crippen LogP contribution in [0.4, 0.5) is 0 Å². The number of hydrogen-bond donors (Lipinski definition) is 0. The fourth-order valence-electron chi connectivity index (χ4n) is 1.77. The maximum atomic E-state index is 11.8. The first kappa shape index (κ1) is 14.5. The van der Waals surface area contributed by atoms with Crippen molar-refractivity contribution in [3.05, 3.63) is 40.8 Å². The second kappa shape index (κ2) is 5.76. The van der Waals surface area contributed by atoms with Gasteiger partial charge in [0.2, 0.25) is 0 Å². The van der Waals surface area contributed by atoms with Gasteiger partial charge in [0.15, 0.2) is 0 Å². The Morgan fingerprint density at radius 2 is 2.10 bits per heavy atom. The number of hydrogen-bond acceptors (Lipinski definition) is 3. The lowest BCUT2D eigenvalue weighted by atomic mass is 10.2. The molecule has 0 radical (unpaired) electrons. The van der Waals surface area contributed by atoms with Gasteiger partial charge >= 0.3 is 0 Å². The Morgan fingerprint density at radius 3 is 2.75 bits per heavy atom. The Labute approximate surface area is 136 Å². The molecule has 3 rings (SSSR count). The van der Waals surface area contributed by atoms with Crippen LogP contribution in [0.5, 0.6) is 0 Å². The number of carbonyl (C=O) groups excluding carboxylic acids is 1. The Kier molecular flexibility index (Phi) is 4.18. The van der Waals surface area contributed by atoms with Gasteiger partial charge in [0.05, 0.1) is 4.91 Å². The van der Waals surface area contributed by atoms with Crippen molar-refractivity contribution in [2.24, 2.45) is 10.9 Å². The molecule has 0 bridgehead atoms. The van der Waals surface area contributed by atoms with Crippen LogP contribution in [-0.2, 0) is 4.79 Å². The van der Waals surface area contributed by atoms with E-state index in [-0.39, 0.29) is 5.91 Å². The highest BCUT2D eigenvalue weighted by Crippen LogP contribution is 2.54. The van der Waals surface area contributed by atoms with Crippen molar-refractivity contribution in [1.29, 1.82) is 0 Å². The second-order valence-electron chi connectivity index (χ2n) is 4.68. The summed E-state index contributed by atoms with van der Waals surface area (Å²) < 4.78 is 0.219. The molecule has 0 unspecified atom stereocenters. The van der Waals surface area contributed by atoms with Crippen LogP contribution in [0, 0.1) is 5.92 Å². The molecule has 6 heteroatoms. The summed E-state index contributed by atoms with van der Waals surface area (Å²) in [5.74, 6) is 0.946. The average molecular weight is 344 g/mol. The number of aliphatic imine (C=N–C) groups is 1. The van der Waals surface area contributed by atoms with E-state index in [1.807, 2.05) is 36.4 Å². The van der Waals surface area contributed by atoms with Crippen LogP contribution in [-0.4, -0.2) is 20.4 Å². The van der Waals surface area contributed by atoms with Crippen LogP contribution >= 0.6 is 46.7 Å². The van der Waals surface area contributed by atoms with Gasteiger partial charge in [-0.25, -0.2) is 0 Å². The first-order valence-electron chi connectivity index (χ1n) is 6.13. The van der Waals surface area contributed by atoms with Crippen molar-refractivity contribution in [3.63, 3.8) is 0 Å². The molecule has 0 saturated heterocycles. The van der Waals surface area contributed by atoms with E-state index >= 15 is 0 Å². The van der Waals surface area contributed by atoms with Crippen LogP contribution in [0.2, 0.25) is 0 Å². The lowest BCUT2D eigenvalue weighted by Crippen LogP contribution is -1.94. The zero-order valence-corrected chi connectivity index (χ0v) is 13.5. The highest BCUT2D eigenvalue weighted by molar-refractivity contribution is 8.41. The van der Waals surface area contributed by atoms with Crippen LogP contribution in [0.15, 0.2) is 40.2 Å². The minimum atomic E-state index is -0.566. The molecule has 0 spiro atoms. The zero-order chi connectivity index (χ0) is 14.2. The van der Waals surface area contributed by atoms with Crippen molar-refractivity contribution in [2.45, 2.75) is 10.8 Å². The Hall–Kier alpha value is -0.420. The second-order valence-corrected chi connectivity index (χ2v) is 8.52. The van der Waals surface area contributed by atoms with Gasteiger partial charge in [-0.2, -0.15) is 4.99 Å². The van der Waals surface area contributed by atoms with Gasteiger partial charge in [-0.3, -0.25) is 4.79 Å². The van der Waals surface area contributed by atoms with Gasteiger partial charge in [-0.15, -0.1) is 23.2 Å². The molecule has 0 aromatic heterocycles. The third kappa shape index (κ3) is 3.42. The van der Waals surface area contributed by atoms with Crippen LogP contribution in [0.3, 0.4) is 0 Å². The number of carbonyl (C=O) groups is 1. The summed E-state index contributed by atoms with van der Waals surface area (Å²) in [7, 11) is 0. The van der Waals surface area contributed by atoms with Crippen molar-refractivity contribution in [1.82, 2.24) is 0 Å². The van der Waals surface area contributed by atoms with E-state index in [9.17, 15) is 4.79 Å². The summed E-state index contributed by atoms with van der Waals surface area (Å²) in [4.78, 5) is 16.6. The molecule has 1 aromatic carbocycles. The molecular formula is C14H11Cl2NOS2. The van der Waals surface area contributed by atoms with Gasteiger partial charge in [-0.1, -0.05) is 53.9 Å². The zero-order valence-electron chi connectivity index (χ0n) is 10.4. The molecule has 1 atom stereocenters. The van der Waals surface area contributed by atoms with Gasteiger partial charge in [0.25, 0.3) is 5.91 Å². The topological polar surface area (TPSA) is 29.4 Å². The van der Waals surface area contributed by atoms with Crippen LogP contribution < -0.4 is 0 Å². The molecule has 1 fully saturated rings. The highest BCUT2D eigenvalue weighted by atomic mass is 35.5. The number of halogens is 2. The number of nitrogens with zero attached hydrogens (tertiary/aromatic N) is 1. The van der Waals surface area contributed by atoms with E-state index in [2.05, 4.69) is 4.99 Å². The minimum absolute atomic E-state index is 0.167. The van der Waals surface area contributed by atoms with Crippen LogP contribution in [0.25, 0.3) is 6.08 Å². The first-order chi connectivity index (χ1) is 9.54. The summed E-state index contributed by atoms with van der Waals surface area (Å²) in [6.45, 7) is 0. The molecule has 104 valence electrons. The molecule has 1 aromatic rings. The van der Waals surface area contributed by atoms with E-state index in [1.54, 1.807) is 11.8 Å². The lowest BCUT2D eigenvalue weighted by Gasteiger charge is -1.99. The predicted molar refractivity (Wildman–Crippen MR) is 89.5 cm³/mol. The Morgan fingerprint density at radius 1 is 1.40 bits per heavy atom. The van der Waals surface area contributed by atoms with E-state index in [1.165, 1.54) is 11.8 Å². The molecular weight excluding hydrogens is 333 g/mol. The van der Waals surface area contributed by atoms with Gasteiger partial charge in [0.1, 0.15) is 8.71 Å².